The molecule has 0 fully saturated rings. The fourth-order valence-corrected chi connectivity index (χ4v) is 5.20. The molecule has 0 bridgehead atoms. The van der Waals surface area contributed by atoms with Crippen LogP contribution in [0.25, 0.3) is 0 Å². The van der Waals surface area contributed by atoms with Crippen molar-refractivity contribution in [2.45, 2.75) is 11.3 Å². The standard InChI is InChI=1S/C24H20FNO6S/c1-31-23-11-10-17(33(29,30)26-13-12-16-6-2-5-9-21(16)26)14-19(23)24(28)32-15-22(27)18-7-3-4-8-20(18)25/h2-11,14H,12-13,15H2,1H3. The summed E-state index contributed by atoms with van der Waals surface area (Å²) in [7, 11) is -2.64. The first-order chi connectivity index (χ1) is 15.8. The van der Waals surface area contributed by atoms with Gasteiger partial charge in [-0.1, -0.05) is 30.3 Å². The molecule has 0 N–H and O–H groups in total. The minimum atomic E-state index is -3.96. The van der Waals surface area contributed by atoms with E-state index >= 15 is 0 Å². The molecule has 170 valence electrons. The van der Waals surface area contributed by atoms with Crippen LogP contribution in [0.2, 0.25) is 0 Å². The normalized spacial score (nSPS) is 12.8. The first-order valence-corrected chi connectivity index (χ1v) is 11.5. The number of Topliss-reactive ketones (excluding diaryl/α,β-unsaturated/α-hetero) is 1. The molecule has 7 nitrogen and oxygen atoms in total. The van der Waals surface area contributed by atoms with Gasteiger partial charge < -0.3 is 9.47 Å². The largest absolute Gasteiger partial charge is 0.496 e. The zero-order chi connectivity index (χ0) is 23.6. The van der Waals surface area contributed by atoms with Crippen molar-refractivity contribution < 1.29 is 31.9 Å². The van der Waals surface area contributed by atoms with Crippen LogP contribution in [0.5, 0.6) is 5.75 Å². The number of methoxy groups -OCH3 is 1. The predicted octanol–water partition coefficient (Wildman–Crippen LogP) is 3.63. The van der Waals surface area contributed by atoms with E-state index in [9.17, 15) is 22.4 Å². The maximum Gasteiger partial charge on any atom is 0.342 e. The lowest BCUT2D eigenvalue weighted by atomic mass is 10.1. The summed E-state index contributed by atoms with van der Waals surface area (Å²) >= 11 is 0. The average molecular weight is 469 g/mol. The van der Waals surface area contributed by atoms with E-state index in [0.29, 0.717) is 12.1 Å². The molecule has 33 heavy (non-hydrogen) atoms. The van der Waals surface area contributed by atoms with Gasteiger partial charge in [-0.05, 0) is 48.4 Å². The molecule has 0 atom stereocenters. The number of ketones is 1. The number of hydrogen-bond acceptors (Lipinski definition) is 6. The Balaban J connectivity index is 1.59. The molecule has 0 amide bonds. The fraction of sp³-hybridized carbons (Fsp3) is 0.167. The Morgan fingerprint density at radius 2 is 1.73 bits per heavy atom. The summed E-state index contributed by atoms with van der Waals surface area (Å²) in [6, 6.07) is 16.4. The third-order valence-electron chi connectivity index (χ3n) is 5.33. The second-order valence-corrected chi connectivity index (χ2v) is 9.16. The minimum Gasteiger partial charge on any atom is -0.496 e. The number of para-hydroxylation sites is 1. The molecular formula is C24H20FNO6S. The Morgan fingerprint density at radius 3 is 2.48 bits per heavy atom. The summed E-state index contributed by atoms with van der Waals surface area (Å²) in [5.41, 5.74) is 1.14. The van der Waals surface area contributed by atoms with Gasteiger partial charge in [-0.3, -0.25) is 9.10 Å². The van der Waals surface area contributed by atoms with Crippen molar-refractivity contribution >= 4 is 27.5 Å². The third kappa shape index (κ3) is 4.31. The van der Waals surface area contributed by atoms with E-state index in [-0.39, 0.29) is 28.3 Å². The third-order valence-corrected chi connectivity index (χ3v) is 7.14. The molecule has 0 radical (unpaired) electrons. The van der Waals surface area contributed by atoms with Crippen molar-refractivity contribution in [3.05, 3.63) is 89.2 Å². The van der Waals surface area contributed by atoms with Gasteiger partial charge in [0.2, 0.25) is 5.78 Å². The quantitative estimate of drug-likeness (QED) is 0.388. The molecule has 1 aliphatic rings. The van der Waals surface area contributed by atoms with Crippen LogP contribution in [-0.4, -0.2) is 40.4 Å². The number of halogens is 1. The van der Waals surface area contributed by atoms with Gasteiger partial charge in [0.25, 0.3) is 10.0 Å². The lowest BCUT2D eigenvalue weighted by molar-refractivity contribution is 0.0470. The molecule has 0 unspecified atom stereocenters. The average Bonchev–Trinajstić information content (AvgIpc) is 3.27. The highest BCUT2D eigenvalue weighted by Gasteiger charge is 2.32. The first-order valence-electron chi connectivity index (χ1n) is 10.1. The monoisotopic (exact) mass is 469 g/mol. The van der Waals surface area contributed by atoms with Crippen LogP contribution in [0.15, 0.2) is 71.6 Å². The maximum atomic E-state index is 13.8. The van der Waals surface area contributed by atoms with Crippen molar-refractivity contribution in [3.63, 3.8) is 0 Å². The highest BCUT2D eigenvalue weighted by atomic mass is 32.2. The van der Waals surface area contributed by atoms with Gasteiger partial charge in [-0.2, -0.15) is 0 Å². The summed E-state index contributed by atoms with van der Waals surface area (Å²) in [4.78, 5) is 24.8. The zero-order valence-electron chi connectivity index (χ0n) is 17.7. The topological polar surface area (TPSA) is 90.0 Å². The van der Waals surface area contributed by atoms with E-state index in [1.54, 1.807) is 12.1 Å². The highest BCUT2D eigenvalue weighted by molar-refractivity contribution is 7.92. The van der Waals surface area contributed by atoms with Gasteiger partial charge >= 0.3 is 5.97 Å². The van der Waals surface area contributed by atoms with Crippen molar-refractivity contribution in [2.24, 2.45) is 0 Å². The lowest BCUT2D eigenvalue weighted by Gasteiger charge is -2.20. The number of anilines is 1. The van der Waals surface area contributed by atoms with Crippen molar-refractivity contribution in [2.75, 3.05) is 24.6 Å². The van der Waals surface area contributed by atoms with E-state index < -0.39 is 34.2 Å². The van der Waals surface area contributed by atoms with Crippen LogP contribution >= 0.6 is 0 Å². The predicted molar refractivity (Wildman–Crippen MR) is 119 cm³/mol. The summed E-state index contributed by atoms with van der Waals surface area (Å²) < 4.78 is 51.9. The summed E-state index contributed by atoms with van der Waals surface area (Å²) in [5.74, 6) is -2.33. The van der Waals surface area contributed by atoms with Crippen LogP contribution < -0.4 is 9.04 Å². The molecule has 0 saturated carbocycles. The van der Waals surface area contributed by atoms with Gasteiger partial charge in [-0.15, -0.1) is 0 Å². The van der Waals surface area contributed by atoms with Crippen LogP contribution in [0.3, 0.4) is 0 Å². The molecule has 0 spiro atoms. The van der Waals surface area contributed by atoms with E-state index in [1.165, 1.54) is 41.7 Å². The number of sulfonamides is 1. The number of ether oxygens (including phenoxy) is 2. The van der Waals surface area contributed by atoms with Gasteiger partial charge in [-0.25, -0.2) is 17.6 Å². The van der Waals surface area contributed by atoms with Crippen molar-refractivity contribution in [1.29, 1.82) is 0 Å². The number of benzene rings is 3. The molecule has 0 aromatic heterocycles. The highest BCUT2D eigenvalue weighted by Crippen LogP contribution is 2.34. The second kappa shape index (κ2) is 9.03. The smallest absolute Gasteiger partial charge is 0.342 e. The number of nitrogens with zero attached hydrogens (tertiary/aromatic N) is 1. The van der Waals surface area contributed by atoms with E-state index in [0.717, 1.165) is 17.7 Å². The SMILES string of the molecule is COc1ccc(S(=O)(=O)N2CCc3ccccc32)cc1C(=O)OCC(=O)c1ccccc1F. The van der Waals surface area contributed by atoms with Crippen LogP contribution in [-0.2, 0) is 21.2 Å². The van der Waals surface area contributed by atoms with Gasteiger partial charge in [0.1, 0.15) is 17.1 Å². The number of hydrogen-bond donors (Lipinski definition) is 0. The number of esters is 1. The van der Waals surface area contributed by atoms with Crippen molar-refractivity contribution in [3.8, 4) is 5.75 Å². The van der Waals surface area contributed by atoms with Crippen molar-refractivity contribution in [1.82, 2.24) is 0 Å². The number of rotatable bonds is 7. The molecule has 0 saturated heterocycles. The number of carbonyl (C=O) groups is 2. The Kier molecular flexibility index (Phi) is 6.15. The van der Waals surface area contributed by atoms with Crippen LogP contribution in [0, 0.1) is 5.82 Å². The Labute approximate surface area is 190 Å². The molecule has 1 heterocycles. The lowest BCUT2D eigenvalue weighted by Crippen LogP contribution is -2.29. The molecular weight excluding hydrogens is 449 g/mol. The molecule has 3 aromatic carbocycles. The van der Waals surface area contributed by atoms with E-state index in [4.69, 9.17) is 9.47 Å². The van der Waals surface area contributed by atoms with E-state index in [1.807, 2.05) is 12.1 Å². The van der Waals surface area contributed by atoms with Gasteiger partial charge in [0.15, 0.2) is 6.61 Å². The van der Waals surface area contributed by atoms with Gasteiger partial charge in [0, 0.05) is 6.54 Å². The molecule has 1 aliphatic heterocycles. The number of fused-ring (bicyclic) bond motifs is 1. The molecule has 9 heteroatoms. The first kappa shape index (κ1) is 22.5. The minimum absolute atomic E-state index is 0.0825. The zero-order valence-corrected chi connectivity index (χ0v) is 18.5. The second-order valence-electron chi connectivity index (χ2n) is 7.30. The van der Waals surface area contributed by atoms with Gasteiger partial charge in [0.05, 0.1) is 23.3 Å². The summed E-state index contributed by atoms with van der Waals surface area (Å²) in [5, 5.41) is 0. The van der Waals surface area contributed by atoms with Crippen LogP contribution in [0.4, 0.5) is 10.1 Å². The van der Waals surface area contributed by atoms with E-state index in [2.05, 4.69) is 0 Å². The Morgan fingerprint density at radius 1 is 1.00 bits per heavy atom. The van der Waals surface area contributed by atoms with Crippen LogP contribution in [0.1, 0.15) is 26.3 Å². The fourth-order valence-electron chi connectivity index (χ4n) is 3.67. The summed E-state index contributed by atoms with van der Waals surface area (Å²) in [6.07, 6.45) is 0.582. The molecule has 0 aliphatic carbocycles. The molecule has 4 rings (SSSR count). The summed E-state index contributed by atoms with van der Waals surface area (Å²) in [6.45, 7) is -0.427. The Bertz CT molecular complexity index is 1340. The number of carbonyl (C=O) groups excluding carboxylic acids is 2. The Hall–Kier alpha value is -3.72. The maximum absolute atomic E-state index is 13.8. The molecule has 3 aromatic rings.